The molecule has 0 aliphatic carbocycles. The second-order valence-electron chi connectivity index (χ2n) is 6.69. The highest BCUT2D eigenvalue weighted by Gasteiger charge is 2.41. The van der Waals surface area contributed by atoms with E-state index in [4.69, 9.17) is 4.74 Å². The van der Waals surface area contributed by atoms with E-state index >= 15 is 0 Å². The van der Waals surface area contributed by atoms with Crippen LogP contribution in [0, 0.1) is 0 Å². The Morgan fingerprint density at radius 2 is 2.00 bits per heavy atom. The van der Waals surface area contributed by atoms with Crippen molar-refractivity contribution in [2.24, 2.45) is 0 Å². The molecule has 3 aliphatic heterocycles. The van der Waals surface area contributed by atoms with Crippen LogP contribution in [0.1, 0.15) is 45.4 Å². The average molecular weight is 316 g/mol. The third kappa shape index (κ3) is 3.44. The summed E-state index contributed by atoms with van der Waals surface area (Å²) in [5, 5.41) is 0. The van der Waals surface area contributed by atoms with Crippen LogP contribution in [0.2, 0.25) is 0 Å². The van der Waals surface area contributed by atoms with Crippen LogP contribution in [0.5, 0.6) is 0 Å². The zero-order chi connectivity index (χ0) is 14.9. The molecule has 0 saturated carbocycles. The zero-order valence-electron chi connectivity index (χ0n) is 13.0. The van der Waals surface area contributed by atoms with Gasteiger partial charge in [-0.2, -0.15) is 4.31 Å². The highest BCUT2D eigenvalue weighted by Crippen LogP contribution is 2.28. The molecule has 0 amide bonds. The Bertz CT molecular complexity index is 448. The SMILES string of the molecule is CC[C@@H]1CN2CCC[C@H]2CN1S(=O)(=O)C[C@H]1CCCCO1. The Kier molecular flexibility index (Phi) is 4.88. The summed E-state index contributed by atoms with van der Waals surface area (Å²) in [5.74, 6) is 0.177. The number of ether oxygens (including phenoxy) is 1. The van der Waals surface area contributed by atoms with Crippen LogP contribution >= 0.6 is 0 Å². The number of nitrogens with zero attached hydrogens (tertiary/aromatic N) is 2. The number of sulfonamides is 1. The smallest absolute Gasteiger partial charge is 0.217 e. The van der Waals surface area contributed by atoms with Gasteiger partial charge in [0.25, 0.3) is 0 Å². The number of piperazine rings is 1. The maximum atomic E-state index is 12.8. The summed E-state index contributed by atoms with van der Waals surface area (Å²) >= 11 is 0. The topological polar surface area (TPSA) is 49.9 Å². The van der Waals surface area contributed by atoms with Crippen molar-refractivity contribution in [3.8, 4) is 0 Å². The van der Waals surface area contributed by atoms with Gasteiger partial charge >= 0.3 is 0 Å². The molecule has 3 rings (SSSR count). The summed E-state index contributed by atoms with van der Waals surface area (Å²) in [4.78, 5) is 2.48. The lowest BCUT2D eigenvalue weighted by molar-refractivity contribution is 0.0287. The lowest BCUT2D eigenvalue weighted by Crippen LogP contribution is -2.58. The molecule has 0 bridgehead atoms. The maximum absolute atomic E-state index is 12.8. The van der Waals surface area contributed by atoms with Gasteiger partial charge in [-0.25, -0.2) is 8.42 Å². The van der Waals surface area contributed by atoms with Crippen LogP contribution in [-0.2, 0) is 14.8 Å². The molecule has 122 valence electrons. The first kappa shape index (κ1) is 15.7. The van der Waals surface area contributed by atoms with Crippen molar-refractivity contribution >= 4 is 10.0 Å². The normalized spacial score (nSPS) is 35.8. The molecule has 0 spiro atoms. The van der Waals surface area contributed by atoms with Gasteiger partial charge in [-0.3, -0.25) is 4.90 Å². The molecule has 3 atom stereocenters. The van der Waals surface area contributed by atoms with Gasteiger partial charge in [-0.1, -0.05) is 6.92 Å². The standard InChI is InChI=1S/C15H28N2O3S/c1-2-13-10-16-8-5-6-14(16)11-17(13)21(18,19)12-15-7-3-4-9-20-15/h13-15H,2-12H2,1H3/t13-,14+,15-/m1/s1. The molecule has 0 unspecified atom stereocenters. The van der Waals surface area contributed by atoms with E-state index < -0.39 is 10.0 Å². The van der Waals surface area contributed by atoms with Crippen molar-refractivity contribution < 1.29 is 13.2 Å². The Morgan fingerprint density at radius 3 is 2.71 bits per heavy atom. The van der Waals surface area contributed by atoms with Crippen molar-refractivity contribution in [2.45, 2.75) is 63.6 Å². The molecule has 6 heteroatoms. The first-order chi connectivity index (χ1) is 10.1. The third-order valence-electron chi connectivity index (χ3n) is 5.24. The van der Waals surface area contributed by atoms with Gasteiger partial charge in [0.1, 0.15) is 0 Å². The van der Waals surface area contributed by atoms with Gasteiger partial charge in [0.2, 0.25) is 10.0 Å². The van der Waals surface area contributed by atoms with Gasteiger partial charge < -0.3 is 4.74 Å². The van der Waals surface area contributed by atoms with Crippen molar-refractivity contribution in [1.29, 1.82) is 0 Å². The summed E-state index contributed by atoms with van der Waals surface area (Å²) in [7, 11) is -3.20. The third-order valence-corrected chi connectivity index (χ3v) is 7.20. The van der Waals surface area contributed by atoms with Crippen LogP contribution in [0.4, 0.5) is 0 Å². The first-order valence-corrected chi connectivity index (χ1v) is 10.1. The maximum Gasteiger partial charge on any atom is 0.217 e. The molecule has 0 aromatic rings. The van der Waals surface area contributed by atoms with Gasteiger partial charge in [-0.05, 0) is 45.1 Å². The molecular weight excluding hydrogens is 288 g/mol. The van der Waals surface area contributed by atoms with Crippen LogP contribution in [0.3, 0.4) is 0 Å². The quantitative estimate of drug-likeness (QED) is 0.787. The molecule has 0 aromatic carbocycles. The number of fused-ring (bicyclic) bond motifs is 1. The van der Waals surface area contributed by atoms with E-state index in [0.29, 0.717) is 19.2 Å². The largest absolute Gasteiger partial charge is 0.377 e. The first-order valence-electron chi connectivity index (χ1n) is 8.45. The summed E-state index contributed by atoms with van der Waals surface area (Å²) in [6.45, 7) is 5.55. The van der Waals surface area contributed by atoms with E-state index in [0.717, 1.165) is 45.2 Å². The van der Waals surface area contributed by atoms with Gasteiger partial charge in [0.05, 0.1) is 11.9 Å². The highest BCUT2D eigenvalue weighted by atomic mass is 32.2. The molecule has 3 aliphatic rings. The Hall–Kier alpha value is -0.170. The van der Waals surface area contributed by atoms with Crippen molar-refractivity contribution in [1.82, 2.24) is 9.21 Å². The summed E-state index contributed by atoms with van der Waals surface area (Å²) in [6, 6.07) is 0.586. The predicted molar refractivity (Wildman–Crippen MR) is 82.8 cm³/mol. The Labute approximate surface area is 128 Å². The number of hydrogen-bond acceptors (Lipinski definition) is 4. The fraction of sp³-hybridized carbons (Fsp3) is 1.00. The second-order valence-corrected chi connectivity index (χ2v) is 8.66. The molecule has 5 nitrogen and oxygen atoms in total. The fourth-order valence-corrected chi connectivity index (χ4v) is 6.00. The van der Waals surface area contributed by atoms with Crippen molar-refractivity contribution in [2.75, 3.05) is 32.0 Å². The summed E-state index contributed by atoms with van der Waals surface area (Å²) < 4.78 is 33.1. The minimum absolute atomic E-state index is 0.0946. The molecular formula is C15H28N2O3S. The van der Waals surface area contributed by atoms with E-state index in [9.17, 15) is 8.42 Å². The van der Waals surface area contributed by atoms with Crippen LogP contribution < -0.4 is 0 Å². The van der Waals surface area contributed by atoms with Crippen molar-refractivity contribution in [3.05, 3.63) is 0 Å². The molecule has 0 aromatic heterocycles. The van der Waals surface area contributed by atoms with Crippen LogP contribution in [0.15, 0.2) is 0 Å². The van der Waals surface area contributed by atoms with E-state index in [1.54, 1.807) is 4.31 Å². The lowest BCUT2D eigenvalue weighted by Gasteiger charge is -2.43. The van der Waals surface area contributed by atoms with Crippen molar-refractivity contribution in [3.63, 3.8) is 0 Å². The summed E-state index contributed by atoms with van der Waals surface area (Å²) in [5.41, 5.74) is 0. The molecule has 0 N–H and O–H groups in total. The van der Waals surface area contributed by atoms with Gasteiger partial charge in [0.15, 0.2) is 0 Å². The minimum atomic E-state index is -3.20. The zero-order valence-corrected chi connectivity index (χ0v) is 13.9. The number of hydrogen-bond donors (Lipinski definition) is 0. The average Bonchev–Trinajstić information content (AvgIpc) is 2.93. The van der Waals surface area contributed by atoms with Gasteiger partial charge in [0, 0.05) is 31.8 Å². The van der Waals surface area contributed by atoms with E-state index in [2.05, 4.69) is 11.8 Å². The highest BCUT2D eigenvalue weighted by molar-refractivity contribution is 7.89. The van der Waals surface area contributed by atoms with E-state index in [1.165, 1.54) is 6.42 Å². The van der Waals surface area contributed by atoms with Crippen LogP contribution in [-0.4, -0.2) is 67.8 Å². The molecule has 3 saturated heterocycles. The monoisotopic (exact) mass is 316 g/mol. The Morgan fingerprint density at radius 1 is 1.14 bits per heavy atom. The van der Waals surface area contributed by atoms with E-state index in [1.807, 2.05) is 0 Å². The predicted octanol–water partition coefficient (Wildman–Crippen LogP) is 1.44. The van der Waals surface area contributed by atoms with Gasteiger partial charge in [-0.15, -0.1) is 0 Å². The molecule has 0 radical (unpaired) electrons. The second kappa shape index (κ2) is 6.52. The molecule has 3 fully saturated rings. The number of rotatable bonds is 4. The minimum Gasteiger partial charge on any atom is -0.377 e. The lowest BCUT2D eigenvalue weighted by atomic mass is 10.1. The summed E-state index contributed by atoms with van der Waals surface area (Å²) in [6.07, 6.45) is 6.20. The molecule has 21 heavy (non-hydrogen) atoms. The van der Waals surface area contributed by atoms with Crippen LogP contribution in [0.25, 0.3) is 0 Å². The molecule has 3 heterocycles. The van der Waals surface area contributed by atoms with E-state index in [-0.39, 0.29) is 17.9 Å². The fourth-order valence-electron chi connectivity index (χ4n) is 4.00. The Balaban J connectivity index is 1.69.